The van der Waals surface area contributed by atoms with Crippen LogP contribution in [0.25, 0.3) is 0 Å². The van der Waals surface area contributed by atoms with Crippen LogP contribution in [-0.4, -0.2) is 14.2 Å². The summed E-state index contributed by atoms with van der Waals surface area (Å²) in [6.07, 6.45) is 3.52. The molecule has 1 unspecified atom stereocenters. The van der Waals surface area contributed by atoms with Gasteiger partial charge in [-0.05, 0) is 61.4 Å². The maximum absolute atomic E-state index is 5.56. The second-order valence-corrected chi connectivity index (χ2v) is 6.19. The van der Waals surface area contributed by atoms with Crippen molar-refractivity contribution >= 4 is 0 Å². The average molecular weight is 247 g/mol. The van der Waals surface area contributed by atoms with Crippen molar-refractivity contribution in [2.75, 3.05) is 14.2 Å². The summed E-state index contributed by atoms with van der Waals surface area (Å²) in [6, 6.07) is 4.73. The molecule has 100 valence electrons. The summed E-state index contributed by atoms with van der Waals surface area (Å²) < 4.78 is 5.56. The van der Waals surface area contributed by atoms with Gasteiger partial charge < -0.3 is 10.1 Å². The average Bonchev–Trinajstić information content (AvgIpc) is 2.47. The Balaban J connectivity index is 2.55. The van der Waals surface area contributed by atoms with E-state index in [1.165, 1.54) is 29.5 Å². The number of aryl methyl sites for hydroxylation is 1. The van der Waals surface area contributed by atoms with E-state index in [9.17, 15) is 0 Å². The summed E-state index contributed by atoms with van der Waals surface area (Å²) in [7, 11) is 3.84. The van der Waals surface area contributed by atoms with Crippen LogP contribution in [0.5, 0.6) is 5.75 Å². The summed E-state index contributed by atoms with van der Waals surface area (Å²) in [4.78, 5) is 0. The lowest BCUT2D eigenvalue weighted by atomic mass is 9.82. The first-order valence-corrected chi connectivity index (χ1v) is 6.82. The van der Waals surface area contributed by atoms with Gasteiger partial charge in [0.2, 0.25) is 0 Å². The quantitative estimate of drug-likeness (QED) is 0.806. The minimum atomic E-state index is 0.379. The van der Waals surface area contributed by atoms with Crippen molar-refractivity contribution in [2.24, 2.45) is 5.41 Å². The third-order valence-electron chi connectivity index (χ3n) is 4.26. The lowest BCUT2D eigenvalue weighted by molar-refractivity contribution is 0.279. The van der Waals surface area contributed by atoms with Gasteiger partial charge in [0.1, 0.15) is 5.75 Å². The number of nitrogens with one attached hydrogen (secondary N) is 1. The molecular formula is C16H25NO. The molecule has 2 nitrogen and oxygen atoms in total. The van der Waals surface area contributed by atoms with Crippen LogP contribution in [0.2, 0.25) is 0 Å². The fraction of sp³-hybridized carbons (Fsp3) is 0.625. The molecule has 2 rings (SSSR count). The zero-order valence-corrected chi connectivity index (χ0v) is 12.3. The predicted octanol–water partition coefficient (Wildman–Crippen LogP) is 3.63. The molecule has 1 N–H and O–H groups in total. The molecule has 18 heavy (non-hydrogen) atoms. The van der Waals surface area contributed by atoms with Crippen LogP contribution >= 0.6 is 0 Å². The summed E-state index contributed by atoms with van der Waals surface area (Å²) >= 11 is 0. The summed E-state index contributed by atoms with van der Waals surface area (Å²) in [5, 5.41) is 3.49. The van der Waals surface area contributed by atoms with Crippen molar-refractivity contribution < 1.29 is 4.74 Å². The molecule has 0 saturated carbocycles. The first kappa shape index (κ1) is 13.4. The Labute approximate surface area is 111 Å². The highest BCUT2D eigenvalue weighted by Gasteiger charge is 2.31. The largest absolute Gasteiger partial charge is 0.496 e. The van der Waals surface area contributed by atoms with Gasteiger partial charge in [-0.15, -0.1) is 0 Å². The SMILES string of the molecule is CNC1CC(C)(C)CCc2c(OC)ccc(C)c21. The standard InChI is InChI=1S/C16H25NO/c1-11-6-7-14(18-5)12-8-9-16(2,3)10-13(17-4)15(11)12/h6-7,13,17H,8-10H2,1-5H3. The monoisotopic (exact) mass is 247 g/mol. The van der Waals surface area contributed by atoms with E-state index in [1.54, 1.807) is 7.11 Å². The van der Waals surface area contributed by atoms with E-state index in [0.717, 1.165) is 12.2 Å². The van der Waals surface area contributed by atoms with E-state index in [-0.39, 0.29) is 0 Å². The van der Waals surface area contributed by atoms with Gasteiger partial charge in [0.25, 0.3) is 0 Å². The Morgan fingerprint density at radius 2 is 2.06 bits per heavy atom. The molecule has 0 aromatic heterocycles. The highest BCUT2D eigenvalue weighted by Crippen LogP contribution is 2.43. The Hall–Kier alpha value is -1.02. The molecule has 0 bridgehead atoms. The molecule has 0 radical (unpaired) electrons. The molecule has 0 amide bonds. The highest BCUT2D eigenvalue weighted by molar-refractivity contribution is 5.47. The summed E-state index contributed by atoms with van der Waals surface area (Å²) in [6.45, 7) is 6.94. The van der Waals surface area contributed by atoms with E-state index in [2.05, 4.69) is 45.3 Å². The van der Waals surface area contributed by atoms with Crippen molar-refractivity contribution in [3.63, 3.8) is 0 Å². The minimum Gasteiger partial charge on any atom is -0.496 e. The van der Waals surface area contributed by atoms with Crippen LogP contribution in [-0.2, 0) is 6.42 Å². The molecule has 0 heterocycles. The van der Waals surface area contributed by atoms with Gasteiger partial charge in [0.15, 0.2) is 0 Å². The van der Waals surface area contributed by atoms with Gasteiger partial charge in [-0.2, -0.15) is 0 Å². The van der Waals surface area contributed by atoms with E-state index in [4.69, 9.17) is 4.74 Å². The fourth-order valence-corrected chi connectivity index (χ4v) is 3.16. The van der Waals surface area contributed by atoms with Crippen LogP contribution in [0.4, 0.5) is 0 Å². The number of hydrogen-bond donors (Lipinski definition) is 1. The number of fused-ring (bicyclic) bond motifs is 1. The molecule has 1 aromatic rings. The van der Waals surface area contributed by atoms with Gasteiger partial charge in [0.05, 0.1) is 7.11 Å². The van der Waals surface area contributed by atoms with Gasteiger partial charge in [-0.3, -0.25) is 0 Å². The Morgan fingerprint density at radius 1 is 1.33 bits per heavy atom. The molecule has 0 saturated heterocycles. The first-order valence-electron chi connectivity index (χ1n) is 6.82. The van der Waals surface area contributed by atoms with E-state index in [0.29, 0.717) is 11.5 Å². The highest BCUT2D eigenvalue weighted by atomic mass is 16.5. The Kier molecular flexibility index (Phi) is 3.67. The van der Waals surface area contributed by atoms with Gasteiger partial charge >= 0.3 is 0 Å². The Bertz CT molecular complexity index is 437. The maximum Gasteiger partial charge on any atom is 0.122 e. The topological polar surface area (TPSA) is 21.3 Å². The molecule has 0 fully saturated rings. The first-order chi connectivity index (χ1) is 8.48. The van der Waals surface area contributed by atoms with Crippen LogP contribution in [0, 0.1) is 12.3 Å². The van der Waals surface area contributed by atoms with E-state index in [1.807, 2.05) is 0 Å². The lowest BCUT2D eigenvalue weighted by Crippen LogP contribution is -2.23. The normalized spacial score (nSPS) is 22.2. The predicted molar refractivity (Wildman–Crippen MR) is 76.3 cm³/mol. The zero-order chi connectivity index (χ0) is 13.3. The second kappa shape index (κ2) is 4.93. The molecule has 1 atom stereocenters. The van der Waals surface area contributed by atoms with Crippen molar-refractivity contribution in [3.05, 3.63) is 28.8 Å². The van der Waals surface area contributed by atoms with Crippen LogP contribution < -0.4 is 10.1 Å². The van der Waals surface area contributed by atoms with Crippen molar-refractivity contribution in [1.29, 1.82) is 0 Å². The van der Waals surface area contributed by atoms with Crippen LogP contribution in [0.1, 0.15) is 49.4 Å². The van der Waals surface area contributed by atoms with Crippen molar-refractivity contribution in [1.82, 2.24) is 5.32 Å². The molecule has 1 aromatic carbocycles. The maximum atomic E-state index is 5.56. The molecule has 0 spiro atoms. The molecule has 1 aliphatic rings. The number of rotatable bonds is 2. The zero-order valence-electron chi connectivity index (χ0n) is 12.3. The number of benzene rings is 1. The number of hydrogen-bond acceptors (Lipinski definition) is 2. The van der Waals surface area contributed by atoms with Crippen LogP contribution in [0.3, 0.4) is 0 Å². The van der Waals surface area contributed by atoms with E-state index >= 15 is 0 Å². The third kappa shape index (κ3) is 2.39. The van der Waals surface area contributed by atoms with Gasteiger partial charge in [-0.25, -0.2) is 0 Å². The Morgan fingerprint density at radius 3 is 2.67 bits per heavy atom. The van der Waals surface area contributed by atoms with Crippen LogP contribution in [0.15, 0.2) is 12.1 Å². The number of methoxy groups -OCH3 is 1. The summed E-state index contributed by atoms with van der Waals surface area (Å²) in [5.41, 5.74) is 4.62. The molecule has 0 aliphatic heterocycles. The van der Waals surface area contributed by atoms with E-state index < -0.39 is 0 Å². The fourth-order valence-electron chi connectivity index (χ4n) is 3.16. The molecule has 1 aliphatic carbocycles. The van der Waals surface area contributed by atoms with Gasteiger partial charge in [-0.1, -0.05) is 19.9 Å². The van der Waals surface area contributed by atoms with Gasteiger partial charge in [0, 0.05) is 6.04 Å². The lowest BCUT2D eigenvalue weighted by Gasteiger charge is -2.27. The molecular weight excluding hydrogens is 222 g/mol. The van der Waals surface area contributed by atoms with Crippen molar-refractivity contribution in [3.8, 4) is 5.75 Å². The number of ether oxygens (including phenoxy) is 1. The second-order valence-electron chi connectivity index (χ2n) is 6.19. The third-order valence-corrected chi connectivity index (χ3v) is 4.26. The minimum absolute atomic E-state index is 0.379. The smallest absolute Gasteiger partial charge is 0.122 e. The molecule has 2 heteroatoms. The van der Waals surface area contributed by atoms with Crippen molar-refractivity contribution in [2.45, 2.75) is 46.1 Å². The summed E-state index contributed by atoms with van der Waals surface area (Å²) in [5.74, 6) is 1.05.